The van der Waals surface area contributed by atoms with E-state index in [0.29, 0.717) is 23.8 Å². The maximum absolute atomic E-state index is 13.3. The Morgan fingerprint density at radius 1 is 1.03 bits per heavy atom. The van der Waals surface area contributed by atoms with Gasteiger partial charge >= 0.3 is 12.3 Å². The number of benzene rings is 3. The number of nitrogens with zero attached hydrogens (tertiary/aromatic N) is 2. The summed E-state index contributed by atoms with van der Waals surface area (Å²) in [5.74, 6) is 0.765. The molecule has 0 aromatic heterocycles. The van der Waals surface area contributed by atoms with Crippen molar-refractivity contribution in [1.82, 2.24) is 9.80 Å². The quantitative estimate of drug-likeness (QED) is 0.317. The zero-order valence-electron chi connectivity index (χ0n) is 20.6. The molecule has 200 valence electrons. The van der Waals surface area contributed by atoms with Gasteiger partial charge in [-0.15, -0.1) is 0 Å². The van der Waals surface area contributed by atoms with E-state index in [1.807, 2.05) is 36.4 Å². The summed E-state index contributed by atoms with van der Waals surface area (Å²) in [6.07, 6.45) is -3.50. The molecule has 3 aliphatic heterocycles. The number of halogens is 4. The van der Waals surface area contributed by atoms with Crippen molar-refractivity contribution in [3.63, 3.8) is 0 Å². The Hall–Kier alpha value is -3.04. The first-order valence-corrected chi connectivity index (χ1v) is 13.4. The number of carbonyl (C=O) groups is 1. The van der Waals surface area contributed by atoms with Crippen molar-refractivity contribution >= 4 is 22.0 Å². The average molecular weight is 589 g/mol. The normalized spacial score (nSPS) is 21.6. The zero-order valence-corrected chi connectivity index (χ0v) is 22.2. The second kappa shape index (κ2) is 11.0. The van der Waals surface area contributed by atoms with E-state index in [9.17, 15) is 23.1 Å². The van der Waals surface area contributed by atoms with E-state index < -0.39 is 23.9 Å². The molecule has 2 bridgehead atoms. The minimum Gasteiger partial charge on any atom is -0.489 e. The van der Waals surface area contributed by atoms with E-state index in [-0.39, 0.29) is 17.1 Å². The molecule has 0 saturated carbocycles. The van der Waals surface area contributed by atoms with Crippen LogP contribution in [0.4, 0.5) is 18.0 Å². The standard InChI is InChI=1S/C29H28BrF3N2O3/c30-25-10-9-19(15-24(25)29(31,32)33)18-38-23-8-4-7-22(16-23)27(21-5-2-1-3-6-21)35(28(36)37)26-17-34-13-11-20(26)12-14-34/h1-10,15-16,20,26-27H,11-14,17-18H2,(H,36,37)/t26-,27?/m0/s1. The molecule has 3 aromatic rings. The van der Waals surface area contributed by atoms with Gasteiger partial charge in [0.05, 0.1) is 17.6 Å². The number of ether oxygens (including phenoxy) is 1. The lowest BCUT2D eigenvalue weighted by Crippen LogP contribution is -2.59. The van der Waals surface area contributed by atoms with E-state index in [1.165, 1.54) is 6.07 Å². The predicted molar refractivity (Wildman–Crippen MR) is 141 cm³/mol. The van der Waals surface area contributed by atoms with Crippen LogP contribution in [0.5, 0.6) is 5.75 Å². The Morgan fingerprint density at radius 2 is 1.74 bits per heavy atom. The molecular weight excluding hydrogens is 561 g/mol. The lowest BCUT2D eigenvalue weighted by atomic mass is 9.81. The molecule has 0 spiro atoms. The summed E-state index contributed by atoms with van der Waals surface area (Å²) >= 11 is 2.96. The maximum atomic E-state index is 13.3. The van der Waals surface area contributed by atoms with Gasteiger partial charge in [-0.1, -0.05) is 64.5 Å². The molecule has 0 aliphatic carbocycles. The molecule has 2 atom stereocenters. The Bertz CT molecular complexity index is 1280. The highest BCUT2D eigenvalue weighted by molar-refractivity contribution is 9.10. The third-order valence-corrected chi connectivity index (χ3v) is 8.20. The molecule has 3 fully saturated rings. The lowest BCUT2D eigenvalue weighted by Gasteiger charge is -2.50. The van der Waals surface area contributed by atoms with Gasteiger partial charge in [0, 0.05) is 11.0 Å². The van der Waals surface area contributed by atoms with Gasteiger partial charge in [-0.2, -0.15) is 13.2 Å². The molecule has 1 amide bonds. The van der Waals surface area contributed by atoms with Gasteiger partial charge in [0.25, 0.3) is 0 Å². The number of piperidine rings is 3. The highest BCUT2D eigenvalue weighted by atomic mass is 79.9. The van der Waals surface area contributed by atoms with Gasteiger partial charge in [-0.3, -0.25) is 4.90 Å². The SMILES string of the molecule is O=C(O)N(C(c1ccccc1)c1cccc(OCc2ccc(Br)c(C(F)(F)F)c2)c1)[C@H]1CN2CCC1CC2. The number of amides is 1. The first kappa shape index (κ1) is 26.6. The molecule has 9 heteroatoms. The first-order chi connectivity index (χ1) is 18.2. The van der Waals surface area contributed by atoms with Crippen LogP contribution in [0.15, 0.2) is 77.3 Å². The van der Waals surface area contributed by atoms with Crippen molar-refractivity contribution in [2.45, 2.75) is 37.7 Å². The fraction of sp³-hybridized carbons (Fsp3) is 0.345. The Morgan fingerprint density at radius 3 is 2.37 bits per heavy atom. The Labute approximate surface area is 228 Å². The molecular formula is C29H28BrF3N2O3. The van der Waals surface area contributed by atoms with Crippen LogP contribution in [0.3, 0.4) is 0 Å². The third-order valence-electron chi connectivity index (χ3n) is 7.51. The number of alkyl halides is 3. The van der Waals surface area contributed by atoms with Gasteiger partial charge in [-0.25, -0.2) is 4.79 Å². The van der Waals surface area contributed by atoms with E-state index >= 15 is 0 Å². The minimum absolute atomic E-state index is 0.0250. The fourth-order valence-corrected chi connectivity index (χ4v) is 6.13. The van der Waals surface area contributed by atoms with Crippen molar-refractivity contribution in [3.05, 3.63) is 99.5 Å². The summed E-state index contributed by atoms with van der Waals surface area (Å²) in [5, 5.41) is 10.5. The largest absolute Gasteiger partial charge is 0.489 e. The molecule has 5 nitrogen and oxygen atoms in total. The van der Waals surface area contributed by atoms with Gasteiger partial charge in [-0.05, 0) is 72.8 Å². The van der Waals surface area contributed by atoms with Crippen molar-refractivity contribution < 1.29 is 27.8 Å². The van der Waals surface area contributed by atoms with Gasteiger partial charge in [0.2, 0.25) is 0 Å². The van der Waals surface area contributed by atoms with Crippen LogP contribution in [-0.4, -0.2) is 46.7 Å². The van der Waals surface area contributed by atoms with Crippen LogP contribution in [-0.2, 0) is 12.8 Å². The third kappa shape index (κ3) is 5.68. The van der Waals surface area contributed by atoms with Crippen LogP contribution < -0.4 is 4.74 Å². The minimum atomic E-state index is -4.48. The second-order valence-electron chi connectivity index (χ2n) is 9.88. The van der Waals surface area contributed by atoms with Crippen molar-refractivity contribution in [2.75, 3.05) is 19.6 Å². The molecule has 38 heavy (non-hydrogen) atoms. The molecule has 6 rings (SSSR count). The van der Waals surface area contributed by atoms with Crippen molar-refractivity contribution in [2.24, 2.45) is 5.92 Å². The van der Waals surface area contributed by atoms with Crippen LogP contribution >= 0.6 is 15.9 Å². The molecule has 1 N–H and O–H groups in total. The van der Waals surface area contributed by atoms with Gasteiger partial charge < -0.3 is 14.7 Å². The summed E-state index contributed by atoms with van der Waals surface area (Å²) in [6, 6.07) is 20.1. The van der Waals surface area contributed by atoms with Crippen LogP contribution in [0.1, 0.15) is 41.1 Å². The molecule has 3 heterocycles. The van der Waals surface area contributed by atoms with E-state index in [4.69, 9.17) is 4.74 Å². The predicted octanol–water partition coefficient (Wildman–Crippen LogP) is 7.21. The summed E-state index contributed by atoms with van der Waals surface area (Å²) in [7, 11) is 0. The molecule has 3 aromatic carbocycles. The lowest BCUT2D eigenvalue weighted by molar-refractivity contribution is -0.138. The maximum Gasteiger partial charge on any atom is 0.417 e. The molecule has 1 unspecified atom stereocenters. The molecule has 3 aliphatic rings. The fourth-order valence-electron chi connectivity index (χ4n) is 5.66. The van der Waals surface area contributed by atoms with E-state index in [0.717, 1.165) is 43.1 Å². The number of fused-ring (bicyclic) bond motifs is 3. The summed E-state index contributed by atoms with van der Waals surface area (Å²) in [5.41, 5.74) is 1.22. The van der Waals surface area contributed by atoms with Gasteiger partial charge in [0.1, 0.15) is 12.4 Å². The van der Waals surface area contributed by atoms with Crippen molar-refractivity contribution in [3.8, 4) is 5.75 Å². The number of hydrogen-bond acceptors (Lipinski definition) is 3. The second-order valence-corrected chi connectivity index (χ2v) is 10.7. The smallest absolute Gasteiger partial charge is 0.417 e. The molecule has 0 radical (unpaired) electrons. The Balaban J connectivity index is 1.45. The van der Waals surface area contributed by atoms with Gasteiger partial charge in [0.15, 0.2) is 0 Å². The summed E-state index contributed by atoms with van der Waals surface area (Å²) < 4.78 is 45.8. The highest BCUT2D eigenvalue weighted by Crippen LogP contribution is 2.39. The first-order valence-electron chi connectivity index (χ1n) is 12.6. The monoisotopic (exact) mass is 588 g/mol. The Kier molecular flexibility index (Phi) is 7.68. The highest BCUT2D eigenvalue weighted by Gasteiger charge is 2.43. The summed E-state index contributed by atoms with van der Waals surface area (Å²) in [6.45, 7) is 2.65. The van der Waals surface area contributed by atoms with Crippen molar-refractivity contribution in [1.29, 1.82) is 0 Å². The van der Waals surface area contributed by atoms with E-state index in [2.05, 4.69) is 20.8 Å². The van der Waals surface area contributed by atoms with E-state index in [1.54, 1.807) is 29.2 Å². The number of rotatable bonds is 7. The number of carboxylic acid groups (broad SMARTS) is 1. The van der Waals surface area contributed by atoms with Crippen LogP contribution in [0.25, 0.3) is 0 Å². The average Bonchev–Trinajstić information content (AvgIpc) is 2.91. The summed E-state index contributed by atoms with van der Waals surface area (Å²) in [4.78, 5) is 16.7. The zero-order chi connectivity index (χ0) is 26.9. The topological polar surface area (TPSA) is 53.0 Å². The van der Waals surface area contributed by atoms with Crippen LogP contribution in [0.2, 0.25) is 0 Å². The van der Waals surface area contributed by atoms with Crippen LogP contribution in [0, 0.1) is 5.92 Å². The molecule has 3 saturated heterocycles. The number of hydrogen-bond donors (Lipinski definition) is 1.